The van der Waals surface area contributed by atoms with Crippen molar-refractivity contribution in [2.75, 3.05) is 18.5 Å². The number of pyridine rings is 1. The van der Waals surface area contributed by atoms with Crippen molar-refractivity contribution in [1.29, 1.82) is 0 Å². The van der Waals surface area contributed by atoms with Crippen LogP contribution in [0.5, 0.6) is 0 Å². The van der Waals surface area contributed by atoms with Crippen molar-refractivity contribution < 1.29 is 18.4 Å². The lowest BCUT2D eigenvalue weighted by atomic mass is 10.3. The zero-order chi connectivity index (χ0) is 16.3. The van der Waals surface area contributed by atoms with Crippen molar-refractivity contribution in [3.63, 3.8) is 0 Å². The van der Waals surface area contributed by atoms with Crippen LogP contribution >= 0.6 is 11.8 Å². The summed E-state index contributed by atoms with van der Waals surface area (Å²) in [6.07, 6.45) is 1.17. The number of hydrogen-bond donors (Lipinski definition) is 3. The van der Waals surface area contributed by atoms with Gasteiger partial charge in [0, 0.05) is 18.8 Å². The maximum atomic E-state index is 13.5. The van der Waals surface area contributed by atoms with Gasteiger partial charge in [0.25, 0.3) is 5.56 Å². The Balaban J connectivity index is 2.09. The molecule has 0 bridgehead atoms. The molecular weight excluding hydrogens is 318 g/mol. The highest BCUT2D eigenvalue weighted by Gasteiger charge is 2.33. The largest absolute Gasteiger partial charge is 0.368 e. The van der Waals surface area contributed by atoms with Crippen molar-refractivity contribution in [2.24, 2.45) is 5.73 Å². The highest BCUT2D eigenvalue weighted by atomic mass is 32.2. The molecular formula is C12H14F2N4O3S. The molecule has 22 heavy (non-hydrogen) atoms. The second-order valence-corrected chi connectivity index (χ2v) is 5.88. The van der Waals surface area contributed by atoms with Gasteiger partial charge in [-0.25, -0.2) is 8.78 Å². The van der Waals surface area contributed by atoms with Crippen LogP contribution in [-0.2, 0) is 16.1 Å². The summed E-state index contributed by atoms with van der Waals surface area (Å²) >= 11 is 1.05. The minimum atomic E-state index is -1.08. The number of alkyl halides is 1. The molecule has 2 amide bonds. The number of aromatic nitrogens is 1. The molecule has 10 heteroatoms. The van der Waals surface area contributed by atoms with Gasteiger partial charge in [-0.2, -0.15) is 0 Å². The van der Waals surface area contributed by atoms with Gasteiger partial charge in [-0.15, -0.1) is 11.8 Å². The molecule has 2 unspecified atom stereocenters. The van der Waals surface area contributed by atoms with E-state index in [0.29, 0.717) is 0 Å². The standard InChI is InChI=1S/C12H14F2N4O3S/c13-1-2-18-5-6(3-7(14)12(18)21)17-10(20)8-4-16-11(22-8)9(15)19/h3,5,8,11,16H,1-2,4H2,(H2,15,19)(H,17,20). The molecule has 2 rings (SSSR count). The average Bonchev–Trinajstić information content (AvgIpc) is 2.94. The number of rotatable bonds is 5. The van der Waals surface area contributed by atoms with Crippen LogP contribution in [0.4, 0.5) is 14.5 Å². The molecule has 0 spiro atoms. The van der Waals surface area contributed by atoms with Gasteiger partial charge in [-0.3, -0.25) is 19.7 Å². The third kappa shape index (κ3) is 3.63. The minimum Gasteiger partial charge on any atom is -0.368 e. The van der Waals surface area contributed by atoms with Crippen molar-refractivity contribution >= 4 is 29.3 Å². The van der Waals surface area contributed by atoms with E-state index in [0.717, 1.165) is 22.4 Å². The summed E-state index contributed by atoms with van der Waals surface area (Å²) in [4.78, 5) is 34.5. The fourth-order valence-electron chi connectivity index (χ4n) is 1.94. The Hall–Kier alpha value is -1.94. The van der Waals surface area contributed by atoms with E-state index >= 15 is 0 Å². The van der Waals surface area contributed by atoms with E-state index in [4.69, 9.17) is 5.73 Å². The number of carbonyl (C=O) groups is 2. The zero-order valence-electron chi connectivity index (χ0n) is 11.3. The maximum Gasteiger partial charge on any atom is 0.286 e. The first-order valence-electron chi connectivity index (χ1n) is 6.37. The van der Waals surface area contributed by atoms with E-state index in [9.17, 15) is 23.2 Å². The van der Waals surface area contributed by atoms with Crippen LogP contribution in [0, 0.1) is 5.82 Å². The number of nitrogens with two attached hydrogens (primary N) is 1. The molecule has 2 heterocycles. The van der Waals surface area contributed by atoms with Crippen LogP contribution in [0.15, 0.2) is 17.1 Å². The summed E-state index contributed by atoms with van der Waals surface area (Å²) < 4.78 is 26.6. The molecule has 4 N–H and O–H groups in total. The van der Waals surface area contributed by atoms with Crippen molar-refractivity contribution in [2.45, 2.75) is 17.2 Å². The number of nitrogens with one attached hydrogen (secondary N) is 2. The minimum absolute atomic E-state index is 0.0404. The summed E-state index contributed by atoms with van der Waals surface area (Å²) in [5.74, 6) is -2.13. The molecule has 7 nitrogen and oxygen atoms in total. The van der Waals surface area contributed by atoms with Gasteiger partial charge in [-0.05, 0) is 0 Å². The van der Waals surface area contributed by atoms with Gasteiger partial charge < -0.3 is 15.6 Å². The van der Waals surface area contributed by atoms with Crippen LogP contribution in [0.3, 0.4) is 0 Å². The summed E-state index contributed by atoms with van der Waals surface area (Å²) in [5.41, 5.74) is 4.21. The number of primary amides is 1. The highest BCUT2D eigenvalue weighted by molar-refractivity contribution is 8.02. The predicted octanol–water partition coefficient (Wildman–Crippen LogP) is -0.588. The number of amides is 2. The second kappa shape index (κ2) is 6.88. The van der Waals surface area contributed by atoms with E-state index < -0.39 is 40.5 Å². The van der Waals surface area contributed by atoms with E-state index in [1.165, 1.54) is 6.20 Å². The van der Waals surface area contributed by atoms with Gasteiger partial charge in [0.2, 0.25) is 11.8 Å². The lowest BCUT2D eigenvalue weighted by molar-refractivity contribution is -0.118. The average molecular weight is 332 g/mol. The molecule has 2 atom stereocenters. The molecule has 1 aliphatic heterocycles. The fraction of sp³-hybridized carbons (Fsp3) is 0.417. The Morgan fingerprint density at radius 2 is 2.27 bits per heavy atom. The number of thioether (sulfide) groups is 1. The number of anilines is 1. The van der Waals surface area contributed by atoms with E-state index in [1.54, 1.807) is 0 Å². The third-order valence-electron chi connectivity index (χ3n) is 2.98. The van der Waals surface area contributed by atoms with Crippen LogP contribution in [-0.4, -0.2) is 40.2 Å². The second-order valence-electron chi connectivity index (χ2n) is 4.57. The lowest BCUT2D eigenvalue weighted by Crippen LogP contribution is -2.34. The summed E-state index contributed by atoms with van der Waals surface area (Å²) in [7, 11) is 0. The van der Waals surface area contributed by atoms with Crippen molar-refractivity contribution in [3.8, 4) is 0 Å². The molecule has 1 aliphatic rings. The Bertz CT molecular complexity index is 652. The smallest absolute Gasteiger partial charge is 0.286 e. The number of hydrogen-bond acceptors (Lipinski definition) is 5. The topological polar surface area (TPSA) is 106 Å². The number of halogens is 2. The summed E-state index contributed by atoms with van der Waals surface area (Å²) in [5, 5.41) is 3.97. The quantitative estimate of drug-likeness (QED) is 0.668. The van der Waals surface area contributed by atoms with Gasteiger partial charge in [0.05, 0.1) is 17.5 Å². The van der Waals surface area contributed by atoms with E-state index in [-0.39, 0.29) is 18.8 Å². The van der Waals surface area contributed by atoms with Gasteiger partial charge in [0.15, 0.2) is 5.82 Å². The monoisotopic (exact) mass is 332 g/mol. The molecule has 0 radical (unpaired) electrons. The SMILES string of the molecule is NC(=O)C1NCC(C(=O)Nc2cc(F)c(=O)n(CCF)c2)S1. The van der Waals surface area contributed by atoms with E-state index in [2.05, 4.69) is 10.6 Å². The van der Waals surface area contributed by atoms with Crippen LogP contribution in [0.1, 0.15) is 0 Å². The molecule has 1 aromatic heterocycles. The number of nitrogens with zero attached hydrogens (tertiary/aromatic N) is 1. The Kier molecular flexibility index (Phi) is 5.14. The summed E-state index contributed by atoms with van der Waals surface area (Å²) in [6.45, 7) is -0.904. The molecule has 0 aromatic carbocycles. The van der Waals surface area contributed by atoms with Crippen LogP contribution in [0.25, 0.3) is 0 Å². The van der Waals surface area contributed by atoms with Crippen molar-refractivity contribution in [1.82, 2.24) is 9.88 Å². The fourth-order valence-corrected chi connectivity index (χ4v) is 2.97. The first-order valence-corrected chi connectivity index (χ1v) is 7.31. The molecule has 0 saturated carbocycles. The van der Waals surface area contributed by atoms with Gasteiger partial charge in [-0.1, -0.05) is 0 Å². The molecule has 0 aliphatic carbocycles. The van der Waals surface area contributed by atoms with Crippen molar-refractivity contribution in [3.05, 3.63) is 28.4 Å². The summed E-state index contributed by atoms with van der Waals surface area (Å²) in [6, 6.07) is 0.869. The van der Waals surface area contributed by atoms with E-state index in [1.807, 2.05) is 0 Å². The Morgan fingerprint density at radius 3 is 2.86 bits per heavy atom. The normalized spacial score (nSPS) is 20.8. The molecule has 1 aromatic rings. The van der Waals surface area contributed by atoms with Crippen LogP contribution in [0.2, 0.25) is 0 Å². The molecule has 1 saturated heterocycles. The predicted molar refractivity (Wildman–Crippen MR) is 77.6 cm³/mol. The lowest BCUT2D eigenvalue weighted by Gasteiger charge is -2.12. The first kappa shape index (κ1) is 16.4. The number of aryl methyl sites for hydroxylation is 1. The maximum absolute atomic E-state index is 13.5. The Labute approximate surface area is 128 Å². The third-order valence-corrected chi connectivity index (χ3v) is 4.36. The van der Waals surface area contributed by atoms with Gasteiger partial charge >= 0.3 is 0 Å². The highest BCUT2D eigenvalue weighted by Crippen LogP contribution is 2.23. The first-order chi connectivity index (χ1) is 10.4. The molecule has 1 fully saturated rings. The Morgan fingerprint density at radius 1 is 1.55 bits per heavy atom. The zero-order valence-corrected chi connectivity index (χ0v) is 12.2. The van der Waals surface area contributed by atoms with Gasteiger partial charge in [0.1, 0.15) is 12.0 Å². The molecule has 120 valence electrons. The number of carbonyl (C=O) groups excluding carboxylic acids is 2. The van der Waals surface area contributed by atoms with Crippen LogP contribution < -0.4 is 21.9 Å².